The summed E-state index contributed by atoms with van der Waals surface area (Å²) in [7, 11) is 0. The maximum Gasteiger partial charge on any atom is 0.163 e. The SMILES string of the molecule is O=C1CCC=C1c1ccsc1. The van der Waals surface area contributed by atoms with Crippen LogP contribution in [-0.4, -0.2) is 5.78 Å². The Kier molecular flexibility index (Phi) is 1.62. The van der Waals surface area contributed by atoms with Crippen molar-refractivity contribution >= 4 is 22.7 Å². The van der Waals surface area contributed by atoms with Crippen molar-refractivity contribution in [3.63, 3.8) is 0 Å². The number of ketones is 1. The van der Waals surface area contributed by atoms with Gasteiger partial charge in [-0.15, -0.1) is 0 Å². The lowest BCUT2D eigenvalue weighted by molar-refractivity contribution is -0.113. The lowest BCUT2D eigenvalue weighted by Gasteiger charge is -1.93. The molecule has 2 heteroatoms. The van der Waals surface area contributed by atoms with Gasteiger partial charge < -0.3 is 0 Å². The number of Topliss-reactive ketones (excluding diaryl/α,β-unsaturated/α-hetero) is 1. The summed E-state index contributed by atoms with van der Waals surface area (Å²) in [6, 6.07) is 2.00. The van der Waals surface area contributed by atoms with Gasteiger partial charge in [-0.05, 0) is 28.8 Å². The summed E-state index contributed by atoms with van der Waals surface area (Å²) in [5.74, 6) is 0.295. The van der Waals surface area contributed by atoms with E-state index in [0.717, 1.165) is 17.6 Å². The third-order valence-electron chi connectivity index (χ3n) is 1.85. The summed E-state index contributed by atoms with van der Waals surface area (Å²) in [4.78, 5) is 11.2. The van der Waals surface area contributed by atoms with Gasteiger partial charge in [0.15, 0.2) is 5.78 Å². The van der Waals surface area contributed by atoms with Crippen LogP contribution in [-0.2, 0) is 4.79 Å². The van der Waals surface area contributed by atoms with E-state index in [9.17, 15) is 4.79 Å². The Balaban J connectivity index is 2.37. The minimum Gasteiger partial charge on any atom is -0.294 e. The maximum absolute atomic E-state index is 11.2. The smallest absolute Gasteiger partial charge is 0.163 e. The monoisotopic (exact) mass is 164 g/mol. The van der Waals surface area contributed by atoms with Crippen LogP contribution in [0.4, 0.5) is 0 Å². The zero-order chi connectivity index (χ0) is 7.68. The van der Waals surface area contributed by atoms with Crippen molar-refractivity contribution < 1.29 is 4.79 Å². The van der Waals surface area contributed by atoms with E-state index in [1.54, 1.807) is 11.3 Å². The first-order chi connectivity index (χ1) is 5.38. The van der Waals surface area contributed by atoms with Gasteiger partial charge in [0.25, 0.3) is 0 Å². The van der Waals surface area contributed by atoms with Crippen LogP contribution in [0.2, 0.25) is 0 Å². The molecule has 0 unspecified atom stereocenters. The van der Waals surface area contributed by atoms with Gasteiger partial charge in [-0.1, -0.05) is 6.08 Å². The average Bonchev–Trinajstić information content (AvgIpc) is 2.55. The molecular weight excluding hydrogens is 156 g/mol. The van der Waals surface area contributed by atoms with Crippen molar-refractivity contribution in [2.45, 2.75) is 12.8 Å². The van der Waals surface area contributed by atoms with Crippen LogP contribution < -0.4 is 0 Å². The van der Waals surface area contributed by atoms with Gasteiger partial charge in [0, 0.05) is 12.0 Å². The molecule has 1 aromatic rings. The molecule has 0 radical (unpaired) electrons. The highest BCUT2D eigenvalue weighted by Gasteiger charge is 2.16. The standard InChI is InChI=1S/C9H8OS/c10-9-3-1-2-8(9)7-4-5-11-6-7/h2,4-6H,1,3H2. The summed E-state index contributed by atoms with van der Waals surface area (Å²) in [6.07, 6.45) is 3.65. The fraction of sp³-hybridized carbons (Fsp3) is 0.222. The van der Waals surface area contributed by atoms with E-state index in [0.29, 0.717) is 12.2 Å². The zero-order valence-corrected chi connectivity index (χ0v) is 6.86. The van der Waals surface area contributed by atoms with Crippen LogP contribution in [0.1, 0.15) is 18.4 Å². The second kappa shape index (κ2) is 2.62. The molecule has 0 N–H and O–H groups in total. The molecule has 0 spiro atoms. The topological polar surface area (TPSA) is 17.1 Å². The van der Waals surface area contributed by atoms with E-state index in [1.165, 1.54) is 0 Å². The summed E-state index contributed by atoms with van der Waals surface area (Å²) >= 11 is 1.64. The molecule has 1 aliphatic rings. The molecule has 0 amide bonds. The fourth-order valence-electron chi connectivity index (χ4n) is 1.29. The predicted octanol–water partition coefficient (Wildman–Crippen LogP) is 2.49. The van der Waals surface area contributed by atoms with E-state index >= 15 is 0 Å². The van der Waals surface area contributed by atoms with Crippen molar-refractivity contribution in [2.75, 3.05) is 0 Å². The molecule has 1 aliphatic carbocycles. The number of thiophene rings is 1. The van der Waals surface area contributed by atoms with Crippen LogP contribution in [0.15, 0.2) is 22.9 Å². The molecule has 11 heavy (non-hydrogen) atoms. The minimum absolute atomic E-state index is 0.295. The van der Waals surface area contributed by atoms with Crippen LogP contribution in [0, 0.1) is 0 Å². The highest BCUT2D eigenvalue weighted by Crippen LogP contribution is 2.25. The molecule has 0 saturated carbocycles. The lowest BCUT2D eigenvalue weighted by Crippen LogP contribution is -1.92. The van der Waals surface area contributed by atoms with Gasteiger partial charge in [-0.2, -0.15) is 11.3 Å². The van der Waals surface area contributed by atoms with E-state index in [2.05, 4.69) is 0 Å². The Morgan fingerprint density at radius 1 is 1.45 bits per heavy atom. The van der Waals surface area contributed by atoms with Crippen molar-refractivity contribution in [3.05, 3.63) is 28.5 Å². The Morgan fingerprint density at radius 3 is 2.91 bits per heavy atom. The average molecular weight is 164 g/mol. The molecule has 2 rings (SSSR count). The highest BCUT2D eigenvalue weighted by atomic mass is 32.1. The van der Waals surface area contributed by atoms with Gasteiger partial charge >= 0.3 is 0 Å². The molecule has 0 bridgehead atoms. The van der Waals surface area contributed by atoms with Gasteiger partial charge in [0.1, 0.15) is 0 Å². The van der Waals surface area contributed by atoms with Gasteiger partial charge in [-0.3, -0.25) is 4.79 Å². The molecule has 1 heterocycles. The van der Waals surface area contributed by atoms with Gasteiger partial charge in [-0.25, -0.2) is 0 Å². The van der Waals surface area contributed by atoms with Crippen LogP contribution >= 0.6 is 11.3 Å². The largest absolute Gasteiger partial charge is 0.294 e. The second-order valence-corrected chi connectivity index (χ2v) is 3.37. The van der Waals surface area contributed by atoms with Crippen molar-refractivity contribution in [1.29, 1.82) is 0 Å². The van der Waals surface area contributed by atoms with Crippen LogP contribution in [0.25, 0.3) is 5.57 Å². The van der Waals surface area contributed by atoms with E-state index in [4.69, 9.17) is 0 Å². The molecule has 56 valence electrons. The third-order valence-corrected chi connectivity index (χ3v) is 2.54. The van der Waals surface area contributed by atoms with Gasteiger partial charge in [0.2, 0.25) is 0 Å². The van der Waals surface area contributed by atoms with Crippen LogP contribution in [0.5, 0.6) is 0 Å². The first-order valence-electron chi connectivity index (χ1n) is 3.64. The molecule has 0 aromatic carbocycles. The quantitative estimate of drug-likeness (QED) is 0.623. The van der Waals surface area contributed by atoms with Crippen molar-refractivity contribution in [2.24, 2.45) is 0 Å². The molecule has 1 nitrogen and oxygen atoms in total. The molecule has 0 fully saturated rings. The van der Waals surface area contributed by atoms with E-state index < -0.39 is 0 Å². The Bertz CT molecular complexity index is 295. The Hall–Kier alpha value is -0.890. The molecular formula is C9H8OS. The number of hydrogen-bond acceptors (Lipinski definition) is 2. The molecule has 0 saturated heterocycles. The van der Waals surface area contributed by atoms with Crippen molar-refractivity contribution in [3.8, 4) is 0 Å². The zero-order valence-electron chi connectivity index (χ0n) is 6.04. The number of hydrogen-bond donors (Lipinski definition) is 0. The first kappa shape index (κ1) is 6.80. The lowest BCUT2D eigenvalue weighted by atomic mass is 10.1. The summed E-state index contributed by atoms with van der Waals surface area (Å²) in [6.45, 7) is 0. The van der Waals surface area contributed by atoms with Crippen LogP contribution in [0.3, 0.4) is 0 Å². The number of carbonyl (C=O) groups excluding carboxylic acids is 1. The summed E-state index contributed by atoms with van der Waals surface area (Å²) in [5.41, 5.74) is 2.02. The first-order valence-corrected chi connectivity index (χ1v) is 4.58. The maximum atomic E-state index is 11.2. The second-order valence-electron chi connectivity index (χ2n) is 2.59. The van der Waals surface area contributed by atoms with E-state index in [1.807, 2.05) is 22.9 Å². The van der Waals surface area contributed by atoms with E-state index in [-0.39, 0.29) is 0 Å². The fourth-order valence-corrected chi connectivity index (χ4v) is 1.95. The normalized spacial score (nSPS) is 17.1. The summed E-state index contributed by atoms with van der Waals surface area (Å²) < 4.78 is 0. The molecule has 1 aromatic heterocycles. The van der Waals surface area contributed by atoms with Gasteiger partial charge in [0.05, 0.1) is 0 Å². The highest BCUT2D eigenvalue weighted by molar-refractivity contribution is 7.08. The Labute approximate surface area is 69.4 Å². The molecule has 0 atom stereocenters. The van der Waals surface area contributed by atoms with Crippen molar-refractivity contribution in [1.82, 2.24) is 0 Å². The number of carbonyl (C=O) groups is 1. The Morgan fingerprint density at radius 2 is 2.36 bits per heavy atom. The summed E-state index contributed by atoms with van der Waals surface area (Å²) in [5, 5.41) is 4.02. The molecule has 0 aliphatic heterocycles. The number of rotatable bonds is 1. The number of allylic oxidation sites excluding steroid dienone is 2. The minimum atomic E-state index is 0.295. The third kappa shape index (κ3) is 1.14. The predicted molar refractivity (Wildman–Crippen MR) is 46.5 cm³/mol.